The van der Waals surface area contributed by atoms with Crippen LogP contribution in [-0.2, 0) is 25.7 Å². The van der Waals surface area contributed by atoms with Gasteiger partial charge in [-0.05, 0) is 94.2 Å². The fraction of sp³-hybridized carbons (Fsp3) is 0.676. The summed E-state index contributed by atoms with van der Waals surface area (Å²) in [7, 11) is 0. The third kappa shape index (κ3) is 26.8. The molecule has 0 saturated heterocycles. The molecule has 0 fully saturated rings. The van der Waals surface area contributed by atoms with Crippen molar-refractivity contribution in [3.05, 3.63) is 118 Å². The van der Waals surface area contributed by atoms with E-state index in [1.807, 2.05) is 0 Å². The highest BCUT2D eigenvalue weighted by Crippen LogP contribution is 2.39. The van der Waals surface area contributed by atoms with E-state index >= 15 is 0 Å². The SMILES string of the molecule is CCCCCCCCCCCCCCCCCCCCCCCCc1ccc2c(c1)-c1cc(CCCCCCCCCCCCCCCCCCCCCCCC)ccc1C2.c1ccc2c(c1)Cc1ccccc1-2. The van der Waals surface area contributed by atoms with Crippen LogP contribution < -0.4 is 0 Å². The molecular weight excluding hydrogens is 889 g/mol. The van der Waals surface area contributed by atoms with E-state index in [1.54, 1.807) is 33.4 Å². The van der Waals surface area contributed by atoms with E-state index in [9.17, 15) is 0 Å². The lowest BCUT2D eigenvalue weighted by Crippen LogP contribution is -1.90. The predicted molar refractivity (Wildman–Crippen MR) is 331 cm³/mol. The molecule has 6 rings (SSSR count). The summed E-state index contributed by atoms with van der Waals surface area (Å²) in [5.74, 6) is 0. The van der Waals surface area contributed by atoms with Gasteiger partial charge in [0.25, 0.3) is 0 Å². The van der Waals surface area contributed by atoms with Gasteiger partial charge < -0.3 is 0 Å². The first-order valence-corrected chi connectivity index (χ1v) is 33.2. The average Bonchev–Trinajstić information content (AvgIpc) is 3.99. The van der Waals surface area contributed by atoms with Crippen molar-refractivity contribution in [1.29, 1.82) is 0 Å². The number of aryl methyl sites for hydroxylation is 2. The Morgan fingerprint density at radius 3 is 0.689 bits per heavy atom. The van der Waals surface area contributed by atoms with Crippen LogP contribution in [0, 0.1) is 0 Å². The van der Waals surface area contributed by atoms with Gasteiger partial charge >= 0.3 is 0 Å². The van der Waals surface area contributed by atoms with Gasteiger partial charge in [0.1, 0.15) is 0 Å². The molecule has 0 saturated carbocycles. The van der Waals surface area contributed by atoms with E-state index in [2.05, 4.69) is 98.8 Å². The Labute approximate surface area is 460 Å². The molecule has 0 amide bonds. The standard InChI is InChI=1S/C61H106.C13H10/c1-3-5-7-9-11-13-15-17-19-21-23-25-27-29-31-33-35-37-39-41-43-45-47-56-49-51-58-55-59-52-50-57(54-61(59)60(58)53-56)48-46-44-42-40-38-36-34-32-30-28-26-24-22-20-18-16-14-12-10-8-6-4-2;1-3-7-12-10(5-1)9-11-6-2-4-8-13(11)12/h49-54H,3-48,55H2,1-2H3;1-8H,9H2. The molecule has 0 nitrogen and oxygen atoms in total. The first-order valence-electron chi connectivity index (χ1n) is 33.2. The maximum Gasteiger partial charge on any atom is -0.00134 e. The van der Waals surface area contributed by atoms with Crippen LogP contribution in [0.3, 0.4) is 0 Å². The van der Waals surface area contributed by atoms with Crippen LogP contribution in [0.1, 0.15) is 330 Å². The number of fused-ring (bicyclic) bond motifs is 6. The second kappa shape index (κ2) is 42.0. The van der Waals surface area contributed by atoms with Crippen molar-refractivity contribution in [3.8, 4) is 22.3 Å². The van der Waals surface area contributed by atoms with E-state index in [4.69, 9.17) is 0 Å². The molecule has 74 heavy (non-hydrogen) atoms. The minimum atomic E-state index is 1.10. The lowest BCUT2D eigenvalue weighted by Gasteiger charge is -2.08. The van der Waals surface area contributed by atoms with Gasteiger partial charge in [-0.2, -0.15) is 0 Å². The van der Waals surface area contributed by atoms with E-state index in [1.165, 1.54) is 318 Å². The van der Waals surface area contributed by atoms with Crippen molar-refractivity contribution < 1.29 is 0 Å². The Morgan fingerprint density at radius 2 is 0.432 bits per heavy atom. The highest BCUT2D eigenvalue weighted by molar-refractivity contribution is 5.78. The third-order valence-electron chi connectivity index (χ3n) is 17.4. The fourth-order valence-corrected chi connectivity index (χ4v) is 12.5. The van der Waals surface area contributed by atoms with Crippen molar-refractivity contribution in [2.45, 2.75) is 322 Å². The summed E-state index contributed by atoms with van der Waals surface area (Å²) in [6.07, 6.45) is 68.8. The van der Waals surface area contributed by atoms with E-state index < -0.39 is 0 Å². The van der Waals surface area contributed by atoms with E-state index in [0.717, 1.165) is 12.8 Å². The lowest BCUT2D eigenvalue weighted by atomic mass is 9.97. The molecule has 2 aliphatic carbocycles. The Kier molecular flexibility index (Phi) is 35.0. The molecule has 0 heteroatoms. The average molecular weight is 1010 g/mol. The van der Waals surface area contributed by atoms with Gasteiger partial charge in [0.2, 0.25) is 0 Å². The molecule has 4 aromatic carbocycles. The van der Waals surface area contributed by atoms with Gasteiger partial charge in [-0.15, -0.1) is 0 Å². The molecule has 2 aliphatic rings. The summed E-state index contributed by atoms with van der Waals surface area (Å²) in [4.78, 5) is 0. The van der Waals surface area contributed by atoms with Gasteiger partial charge in [-0.25, -0.2) is 0 Å². The third-order valence-corrected chi connectivity index (χ3v) is 17.4. The number of unbranched alkanes of at least 4 members (excludes halogenated alkanes) is 42. The second-order valence-corrected chi connectivity index (χ2v) is 24.0. The Bertz CT molecular complexity index is 1810. The molecule has 0 unspecified atom stereocenters. The maximum absolute atomic E-state index is 2.56. The Hall–Kier alpha value is -3.12. The molecule has 0 radical (unpaired) electrons. The quantitative estimate of drug-likeness (QED) is 0.0334. The highest BCUT2D eigenvalue weighted by Gasteiger charge is 2.19. The zero-order valence-electron chi connectivity index (χ0n) is 49.0. The van der Waals surface area contributed by atoms with Crippen LogP contribution in [0.25, 0.3) is 22.3 Å². The number of hydrogen-bond donors (Lipinski definition) is 0. The van der Waals surface area contributed by atoms with Crippen LogP contribution in [0.4, 0.5) is 0 Å². The van der Waals surface area contributed by atoms with Crippen molar-refractivity contribution in [2.75, 3.05) is 0 Å². The fourth-order valence-electron chi connectivity index (χ4n) is 12.5. The van der Waals surface area contributed by atoms with Crippen LogP contribution in [-0.4, -0.2) is 0 Å². The smallest absolute Gasteiger partial charge is 0.00134 e. The molecule has 0 spiro atoms. The van der Waals surface area contributed by atoms with Crippen LogP contribution in [0.5, 0.6) is 0 Å². The summed E-state index contributed by atoms with van der Waals surface area (Å²) in [6, 6.07) is 32.2. The van der Waals surface area contributed by atoms with Gasteiger partial charge in [-0.1, -0.05) is 368 Å². The summed E-state index contributed by atoms with van der Waals surface area (Å²) in [5.41, 5.74) is 15.1. The predicted octanol–water partition coefficient (Wildman–Crippen LogP) is 24.8. The molecule has 0 atom stereocenters. The number of benzene rings is 4. The number of rotatable bonds is 46. The van der Waals surface area contributed by atoms with Gasteiger partial charge in [-0.3, -0.25) is 0 Å². The second-order valence-electron chi connectivity index (χ2n) is 24.0. The molecule has 0 bridgehead atoms. The molecule has 0 aliphatic heterocycles. The molecular formula is C74H116. The van der Waals surface area contributed by atoms with Crippen molar-refractivity contribution in [2.24, 2.45) is 0 Å². The molecule has 0 heterocycles. The minimum absolute atomic E-state index is 1.10. The number of hydrogen-bond acceptors (Lipinski definition) is 0. The zero-order valence-corrected chi connectivity index (χ0v) is 49.0. The first kappa shape index (κ1) is 61.7. The van der Waals surface area contributed by atoms with E-state index in [0.29, 0.717) is 0 Å². The Balaban J connectivity index is 0.000000662. The van der Waals surface area contributed by atoms with Crippen molar-refractivity contribution in [3.63, 3.8) is 0 Å². The zero-order chi connectivity index (χ0) is 51.6. The summed E-state index contributed by atoms with van der Waals surface area (Å²) >= 11 is 0. The summed E-state index contributed by atoms with van der Waals surface area (Å²) in [6.45, 7) is 4.62. The van der Waals surface area contributed by atoms with Gasteiger partial charge in [0.05, 0.1) is 0 Å². The van der Waals surface area contributed by atoms with E-state index in [-0.39, 0.29) is 0 Å². The summed E-state index contributed by atoms with van der Waals surface area (Å²) < 4.78 is 0. The molecule has 412 valence electrons. The van der Waals surface area contributed by atoms with Crippen molar-refractivity contribution in [1.82, 2.24) is 0 Å². The summed E-state index contributed by atoms with van der Waals surface area (Å²) in [5, 5.41) is 0. The lowest BCUT2D eigenvalue weighted by molar-refractivity contribution is 0.519. The monoisotopic (exact) mass is 1000 g/mol. The van der Waals surface area contributed by atoms with Gasteiger partial charge in [0, 0.05) is 0 Å². The molecule has 4 aromatic rings. The van der Waals surface area contributed by atoms with Crippen LogP contribution in [0.15, 0.2) is 84.9 Å². The highest BCUT2D eigenvalue weighted by atomic mass is 14.2. The van der Waals surface area contributed by atoms with Crippen LogP contribution in [0.2, 0.25) is 0 Å². The normalized spacial score (nSPS) is 12.1. The molecule has 0 aromatic heterocycles. The topological polar surface area (TPSA) is 0 Å². The Morgan fingerprint density at radius 1 is 0.216 bits per heavy atom. The molecule has 0 N–H and O–H groups in total. The first-order chi connectivity index (χ1) is 36.8. The van der Waals surface area contributed by atoms with Gasteiger partial charge in [0.15, 0.2) is 0 Å². The van der Waals surface area contributed by atoms with Crippen molar-refractivity contribution >= 4 is 0 Å². The largest absolute Gasteiger partial charge is 0.0654 e. The minimum Gasteiger partial charge on any atom is -0.0654 e. The van der Waals surface area contributed by atoms with Crippen LogP contribution >= 0.6 is 0 Å². The maximum atomic E-state index is 2.56.